The first-order valence-electron chi connectivity index (χ1n) is 3.57. The van der Waals surface area contributed by atoms with Gasteiger partial charge in [-0.3, -0.25) is 4.79 Å². The van der Waals surface area contributed by atoms with E-state index in [9.17, 15) is 4.79 Å². The molecule has 0 atom stereocenters. The molecular weight excluding hydrogens is 158 g/mol. The number of aryl methyl sites for hydroxylation is 1. The molecule has 1 aliphatic rings. The van der Waals surface area contributed by atoms with Crippen molar-refractivity contribution >= 4 is 22.2 Å². The minimum absolute atomic E-state index is 0.134. The summed E-state index contributed by atoms with van der Waals surface area (Å²) in [7, 11) is 0. The van der Waals surface area contributed by atoms with Crippen LogP contribution in [-0.4, -0.2) is 5.91 Å². The van der Waals surface area contributed by atoms with Gasteiger partial charge in [0.25, 0.3) is 0 Å². The van der Waals surface area contributed by atoms with E-state index in [1.54, 1.807) is 11.3 Å². The van der Waals surface area contributed by atoms with Gasteiger partial charge in [-0.15, -0.1) is 11.3 Å². The van der Waals surface area contributed by atoms with Crippen molar-refractivity contribution < 1.29 is 4.79 Å². The molecule has 2 nitrogen and oxygen atoms in total. The van der Waals surface area contributed by atoms with E-state index in [4.69, 9.17) is 0 Å². The van der Waals surface area contributed by atoms with Gasteiger partial charge in [0.1, 0.15) is 0 Å². The molecule has 1 aromatic rings. The number of carbonyl (C=O) groups excluding carboxylic acids is 1. The normalized spacial score (nSPS) is 14.9. The molecule has 2 rings (SSSR count). The van der Waals surface area contributed by atoms with Gasteiger partial charge in [0.15, 0.2) is 0 Å². The summed E-state index contributed by atoms with van der Waals surface area (Å²) in [4.78, 5) is 12.2. The highest BCUT2D eigenvalue weighted by Crippen LogP contribution is 2.36. The van der Waals surface area contributed by atoms with Gasteiger partial charge in [0.05, 0.1) is 11.4 Å². The second-order valence-corrected chi connectivity index (χ2v) is 4.04. The highest BCUT2D eigenvalue weighted by Gasteiger charge is 2.22. The summed E-state index contributed by atoms with van der Waals surface area (Å²) in [5.41, 5.74) is 2.49. The number of amides is 1. The van der Waals surface area contributed by atoms with Crippen LogP contribution >= 0.6 is 11.3 Å². The lowest BCUT2D eigenvalue weighted by atomic mass is 10.1. The number of hydrogen-bond donors (Lipinski definition) is 1. The molecular formula is C8H9NOS. The Bertz CT molecular complexity index is 327. The van der Waals surface area contributed by atoms with Crippen LogP contribution in [0.2, 0.25) is 0 Å². The maximum absolute atomic E-state index is 10.9. The van der Waals surface area contributed by atoms with Crippen LogP contribution in [0.3, 0.4) is 0 Å². The van der Waals surface area contributed by atoms with Gasteiger partial charge in [-0.2, -0.15) is 0 Å². The zero-order valence-electron chi connectivity index (χ0n) is 6.52. The Hall–Kier alpha value is -0.830. The van der Waals surface area contributed by atoms with Crippen molar-refractivity contribution in [3.05, 3.63) is 16.0 Å². The molecule has 0 radical (unpaired) electrons. The number of anilines is 1. The molecule has 3 heteroatoms. The highest BCUT2D eigenvalue weighted by atomic mass is 32.1. The van der Waals surface area contributed by atoms with E-state index >= 15 is 0 Å². The Balaban J connectivity index is 2.56. The van der Waals surface area contributed by atoms with Crippen LogP contribution in [0.25, 0.3) is 0 Å². The summed E-state index contributed by atoms with van der Waals surface area (Å²) in [6.07, 6.45) is 0.575. The topological polar surface area (TPSA) is 29.1 Å². The number of thiophene rings is 1. The van der Waals surface area contributed by atoms with E-state index in [-0.39, 0.29) is 5.91 Å². The molecule has 0 aliphatic carbocycles. The zero-order chi connectivity index (χ0) is 8.01. The SMILES string of the molecule is Cc1sc2c(c1C)CC(=O)N2. The fourth-order valence-corrected chi connectivity index (χ4v) is 2.42. The third-order valence-corrected chi connectivity index (χ3v) is 3.27. The van der Waals surface area contributed by atoms with Crippen LogP contribution in [0, 0.1) is 13.8 Å². The summed E-state index contributed by atoms with van der Waals surface area (Å²) >= 11 is 1.68. The molecule has 0 saturated heterocycles. The molecule has 1 N–H and O–H groups in total. The van der Waals surface area contributed by atoms with Crippen molar-refractivity contribution in [3.63, 3.8) is 0 Å². The lowest BCUT2D eigenvalue weighted by Gasteiger charge is -1.90. The number of nitrogens with one attached hydrogen (secondary N) is 1. The predicted molar refractivity (Wildman–Crippen MR) is 46.1 cm³/mol. The summed E-state index contributed by atoms with van der Waals surface area (Å²) in [6, 6.07) is 0. The average molecular weight is 167 g/mol. The fourth-order valence-electron chi connectivity index (χ4n) is 1.32. The van der Waals surface area contributed by atoms with Crippen LogP contribution in [0.4, 0.5) is 5.00 Å². The standard InChI is InChI=1S/C8H9NOS/c1-4-5(2)11-8-6(4)3-7(10)9-8/h3H2,1-2H3,(H,9,10). The van der Waals surface area contributed by atoms with Crippen molar-refractivity contribution in [1.82, 2.24) is 0 Å². The lowest BCUT2D eigenvalue weighted by Crippen LogP contribution is -2.04. The monoisotopic (exact) mass is 167 g/mol. The molecule has 0 unspecified atom stereocenters. The minimum atomic E-state index is 0.134. The summed E-state index contributed by atoms with van der Waals surface area (Å²) in [5.74, 6) is 0.134. The third kappa shape index (κ3) is 0.878. The molecule has 11 heavy (non-hydrogen) atoms. The molecule has 0 fully saturated rings. The van der Waals surface area contributed by atoms with Gasteiger partial charge < -0.3 is 5.32 Å². The van der Waals surface area contributed by atoms with Gasteiger partial charge in [0.2, 0.25) is 5.91 Å². The molecule has 0 bridgehead atoms. The second-order valence-electron chi connectivity index (χ2n) is 2.82. The van der Waals surface area contributed by atoms with Crippen LogP contribution in [0.1, 0.15) is 16.0 Å². The van der Waals surface area contributed by atoms with Gasteiger partial charge >= 0.3 is 0 Å². The summed E-state index contributed by atoms with van der Waals surface area (Å²) in [6.45, 7) is 4.16. The maximum atomic E-state index is 10.9. The second kappa shape index (κ2) is 2.08. The van der Waals surface area contributed by atoms with Crippen LogP contribution < -0.4 is 5.32 Å². The van der Waals surface area contributed by atoms with Gasteiger partial charge in [-0.1, -0.05) is 0 Å². The predicted octanol–water partition coefficient (Wildman–Crippen LogP) is 1.86. The van der Waals surface area contributed by atoms with Gasteiger partial charge in [-0.05, 0) is 25.0 Å². The largest absolute Gasteiger partial charge is 0.317 e. The van der Waals surface area contributed by atoms with Gasteiger partial charge in [0, 0.05) is 4.88 Å². The van der Waals surface area contributed by atoms with E-state index in [1.807, 2.05) is 0 Å². The van der Waals surface area contributed by atoms with E-state index in [1.165, 1.54) is 16.0 Å². The Morgan fingerprint density at radius 1 is 1.45 bits per heavy atom. The molecule has 1 aliphatic heterocycles. The van der Waals surface area contributed by atoms with Crippen LogP contribution in [-0.2, 0) is 11.2 Å². The molecule has 1 amide bonds. The first-order chi connectivity index (χ1) is 5.18. The molecule has 0 aromatic carbocycles. The van der Waals surface area contributed by atoms with E-state index in [0.717, 1.165) is 5.00 Å². The highest BCUT2D eigenvalue weighted by molar-refractivity contribution is 7.16. The fraction of sp³-hybridized carbons (Fsp3) is 0.375. The number of hydrogen-bond acceptors (Lipinski definition) is 2. The average Bonchev–Trinajstić information content (AvgIpc) is 2.37. The van der Waals surface area contributed by atoms with Crippen molar-refractivity contribution in [3.8, 4) is 0 Å². The number of fused-ring (bicyclic) bond motifs is 1. The molecule has 0 spiro atoms. The van der Waals surface area contributed by atoms with Gasteiger partial charge in [-0.25, -0.2) is 0 Å². The zero-order valence-corrected chi connectivity index (χ0v) is 7.34. The Labute approximate surface area is 69.2 Å². The Morgan fingerprint density at radius 3 is 2.82 bits per heavy atom. The summed E-state index contributed by atoms with van der Waals surface area (Å²) in [5, 5.41) is 3.90. The van der Waals surface area contributed by atoms with Crippen molar-refractivity contribution in [2.45, 2.75) is 20.3 Å². The smallest absolute Gasteiger partial charge is 0.229 e. The van der Waals surface area contributed by atoms with Crippen molar-refractivity contribution in [2.24, 2.45) is 0 Å². The first kappa shape index (κ1) is 6.85. The van der Waals surface area contributed by atoms with Crippen LogP contribution in [0.5, 0.6) is 0 Å². The quantitative estimate of drug-likeness (QED) is 0.627. The number of carbonyl (C=O) groups is 1. The minimum Gasteiger partial charge on any atom is -0.317 e. The Morgan fingerprint density at radius 2 is 2.18 bits per heavy atom. The first-order valence-corrected chi connectivity index (χ1v) is 4.39. The molecule has 58 valence electrons. The van der Waals surface area contributed by atoms with Crippen LogP contribution in [0.15, 0.2) is 0 Å². The molecule has 2 heterocycles. The number of rotatable bonds is 0. The maximum Gasteiger partial charge on any atom is 0.229 e. The van der Waals surface area contributed by atoms with Crippen molar-refractivity contribution in [1.29, 1.82) is 0 Å². The Kier molecular flexibility index (Phi) is 1.29. The molecule has 0 saturated carbocycles. The third-order valence-electron chi connectivity index (χ3n) is 2.10. The lowest BCUT2D eigenvalue weighted by molar-refractivity contribution is -0.115. The molecule has 1 aromatic heterocycles. The summed E-state index contributed by atoms with van der Waals surface area (Å²) < 4.78 is 0. The van der Waals surface area contributed by atoms with E-state index < -0.39 is 0 Å². The van der Waals surface area contributed by atoms with Crippen molar-refractivity contribution in [2.75, 3.05) is 5.32 Å². The van der Waals surface area contributed by atoms with E-state index in [2.05, 4.69) is 19.2 Å². The van der Waals surface area contributed by atoms with E-state index in [0.29, 0.717) is 6.42 Å².